The Morgan fingerprint density at radius 3 is 2.81 bits per heavy atom. The van der Waals surface area contributed by atoms with E-state index in [2.05, 4.69) is 0 Å². The Kier molecular flexibility index (Phi) is 4.25. The molecule has 1 aromatic carbocycles. The fourth-order valence-corrected chi connectivity index (χ4v) is 1.30. The molecule has 0 aliphatic rings. The standard InChI is InChI=1S/C11H15NO4/c1-8-4-3-5-10(12(14)15)11(8)16-7-6-9(2)13/h3-5,9,13H,6-7H2,1-2H3. The summed E-state index contributed by atoms with van der Waals surface area (Å²) in [7, 11) is 0. The third-order valence-electron chi connectivity index (χ3n) is 2.17. The molecule has 1 atom stereocenters. The van der Waals surface area contributed by atoms with Gasteiger partial charge in [-0.25, -0.2) is 0 Å². The zero-order valence-electron chi connectivity index (χ0n) is 9.34. The number of aryl methyl sites for hydroxylation is 1. The van der Waals surface area contributed by atoms with Crippen molar-refractivity contribution in [3.05, 3.63) is 33.9 Å². The van der Waals surface area contributed by atoms with Gasteiger partial charge in [-0.05, 0) is 19.4 Å². The number of hydrogen-bond donors (Lipinski definition) is 1. The highest BCUT2D eigenvalue weighted by atomic mass is 16.6. The van der Waals surface area contributed by atoms with Gasteiger partial charge in [0.2, 0.25) is 0 Å². The lowest BCUT2D eigenvalue weighted by molar-refractivity contribution is -0.385. The number of aliphatic hydroxyl groups excluding tert-OH is 1. The molecule has 0 aromatic heterocycles. The van der Waals surface area contributed by atoms with Gasteiger partial charge in [0, 0.05) is 12.5 Å². The first-order valence-corrected chi connectivity index (χ1v) is 5.07. The van der Waals surface area contributed by atoms with E-state index >= 15 is 0 Å². The lowest BCUT2D eigenvalue weighted by Crippen LogP contribution is -2.09. The summed E-state index contributed by atoms with van der Waals surface area (Å²) < 4.78 is 5.34. The van der Waals surface area contributed by atoms with E-state index in [0.717, 1.165) is 5.56 Å². The quantitative estimate of drug-likeness (QED) is 0.614. The Hall–Kier alpha value is -1.62. The van der Waals surface area contributed by atoms with Crippen LogP contribution in [0.25, 0.3) is 0 Å². The van der Waals surface area contributed by atoms with E-state index in [0.29, 0.717) is 6.42 Å². The van der Waals surface area contributed by atoms with Gasteiger partial charge in [0.15, 0.2) is 5.75 Å². The van der Waals surface area contributed by atoms with E-state index < -0.39 is 11.0 Å². The van der Waals surface area contributed by atoms with Crippen molar-refractivity contribution in [1.82, 2.24) is 0 Å². The molecule has 88 valence electrons. The Balaban J connectivity index is 2.80. The Morgan fingerprint density at radius 1 is 1.56 bits per heavy atom. The van der Waals surface area contributed by atoms with Gasteiger partial charge in [0.05, 0.1) is 17.6 Å². The first-order chi connectivity index (χ1) is 7.52. The second-order valence-electron chi connectivity index (χ2n) is 3.67. The molecule has 0 radical (unpaired) electrons. The SMILES string of the molecule is Cc1cccc([N+](=O)[O-])c1OCCC(C)O. The van der Waals surface area contributed by atoms with Crippen LogP contribution in [0, 0.1) is 17.0 Å². The normalized spacial score (nSPS) is 12.2. The van der Waals surface area contributed by atoms with Gasteiger partial charge in [-0.3, -0.25) is 10.1 Å². The molecule has 1 rings (SSSR count). The molecule has 0 saturated carbocycles. The molecule has 1 aromatic rings. The maximum absolute atomic E-state index is 10.7. The average Bonchev–Trinajstić information content (AvgIpc) is 2.19. The molecule has 5 nitrogen and oxygen atoms in total. The lowest BCUT2D eigenvalue weighted by Gasteiger charge is -2.10. The number of nitro groups is 1. The summed E-state index contributed by atoms with van der Waals surface area (Å²) >= 11 is 0. The molecule has 0 amide bonds. The summed E-state index contributed by atoms with van der Waals surface area (Å²) in [5.74, 6) is 0.285. The molecule has 0 aliphatic carbocycles. The van der Waals surface area contributed by atoms with Crippen molar-refractivity contribution >= 4 is 5.69 Å². The Labute approximate surface area is 93.8 Å². The van der Waals surface area contributed by atoms with Crippen LogP contribution in [0.15, 0.2) is 18.2 Å². The number of aliphatic hydroxyl groups is 1. The second-order valence-corrected chi connectivity index (χ2v) is 3.67. The number of rotatable bonds is 5. The molecule has 0 saturated heterocycles. The van der Waals surface area contributed by atoms with Crippen molar-refractivity contribution in [3.8, 4) is 5.75 Å². The maximum atomic E-state index is 10.7. The van der Waals surface area contributed by atoms with Crippen LogP contribution in [0.4, 0.5) is 5.69 Å². The predicted octanol–water partition coefficient (Wildman–Crippen LogP) is 2.05. The average molecular weight is 225 g/mol. The molecule has 0 aliphatic heterocycles. The first kappa shape index (κ1) is 12.4. The number of ether oxygens (including phenoxy) is 1. The van der Waals surface area contributed by atoms with E-state index in [1.807, 2.05) is 0 Å². The van der Waals surface area contributed by atoms with Crippen LogP contribution in [0.3, 0.4) is 0 Å². The number of hydrogen-bond acceptors (Lipinski definition) is 4. The first-order valence-electron chi connectivity index (χ1n) is 5.07. The highest BCUT2D eigenvalue weighted by Crippen LogP contribution is 2.30. The zero-order chi connectivity index (χ0) is 12.1. The third-order valence-corrected chi connectivity index (χ3v) is 2.17. The van der Waals surface area contributed by atoms with Crippen LogP contribution in [0.1, 0.15) is 18.9 Å². The van der Waals surface area contributed by atoms with E-state index in [-0.39, 0.29) is 18.0 Å². The maximum Gasteiger partial charge on any atom is 0.311 e. The summed E-state index contributed by atoms with van der Waals surface area (Å²) in [5.41, 5.74) is 0.686. The van der Waals surface area contributed by atoms with Crippen molar-refractivity contribution in [3.63, 3.8) is 0 Å². The highest BCUT2D eigenvalue weighted by molar-refractivity contribution is 5.51. The summed E-state index contributed by atoms with van der Waals surface area (Å²) in [4.78, 5) is 10.3. The molecule has 0 heterocycles. The summed E-state index contributed by atoms with van der Waals surface area (Å²) in [6.07, 6.45) is -0.0195. The number of benzene rings is 1. The van der Waals surface area contributed by atoms with Crippen LogP contribution in [-0.2, 0) is 0 Å². The second kappa shape index (κ2) is 5.46. The molecule has 1 N–H and O–H groups in total. The van der Waals surface area contributed by atoms with Gasteiger partial charge in [0.1, 0.15) is 0 Å². The van der Waals surface area contributed by atoms with Gasteiger partial charge in [-0.15, -0.1) is 0 Å². The molecular formula is C11H15NO4. The van der Waals surface area contributed by atoms with Gasteiger partial charge < -0.3 is 9.84 Å². The highest BCUT2D eigenvalue weighted by Gasteiger charge is 2.16. The fourth-order valence-electron chi connectivity index (χ4n) is 1.30. The van der Waals surface area contributed by atoms with Crippen molar-refractivity contribution in [1.29, 1.82) is 0 Å². The van der Waals surface area contributed by atoms with E-state index in [4.69, 9.17) is 9.84 Å². The van der Waals surface area contributed by atoms with Crippen LogP contribution in [-0.4, -0.2) is 22.7 Å². The molecule has 0 bridgehead atoms. The zero-order valence-corrected chi connectivity index (χ0v) is 9.34. The van der Waals surface area contributed by atoms with Gasteiger partial charge >= 0.3 is 5.69 Å². The van der Waals surface area contributed by atoms with E-state index in [1.54, 1.807) is 26.0 Å². The molecule has 16 heavy (non-hydrogen) atoms. The molecule has 0 spiro atoms. The van der Waals surface area contributed by atoms with Gasteiger partial charge in [-0.2, -0.15) is 0 Å². The summed E-state index contributed by atoms with van der Waals surface area (Å²) in [6.45, 7) is 3.67. The topological polar surface area (TPSA) is 72.6 Å². The Bertz CT molecular complexity index is 376. The van der Waals surface area contributed by atoms with Crippen molar-refractivity contribution in [2.75, 3.05) is 6.61 Å². The van der Waals surface area contributed by atoms with E-state index in [1.165, 1.54) is 6.07 Å². The van der Waals surface area contributed by atoms with Gasteiger partial charge in [0.25, 0.3) is 0 Å². The van der Waals surface area contributed by atoms with Crippen LogP contribution in [0.2, 0.25) is 0 Å². The predicted molar refractivity (Wildman–Crippen MR) is 59.6 cm³/mol. The molecule has 5 heteroatoms. The minimum absolute atomic E-state index is 0.0365. The minimum atomic E-state index is -0.469. The number of para-hydroxylation sites is 1. The van der Waals surface area contributed by atoms with Crippen molar-refractivity contribution in [2.45, 2.75) is 26.4 Å². The number of nitro benzene ring substituents is 1. The number of nitrogens with zero attached hydrogens (tertiary/aromatic N) is 1. The van der Waals surface area contributed by atoms with E-state index in [9.17, 15) is 10.1 Å². The van der Waals surface area contributed by atoms with Gasteiger partial charge in [-0.1, -0.05) is 12.1 Å². The van der Waals surface area contributed by atoms with Crippen molar-refractivity contribution in [2.24, 2.45) is 0 Å². The van der Waals surface area contributed by atoms with Crippen molar-refractivity contribution < 1.29 is 14.8 Å². The fraction of sp³-hybridized carbons (Fsp3) is 0.455. The Morgan fingerprint density at radius 2 is 2.25 bits per heavy atom. The monoisotopic (exact) mass is 225 g/mol. The molecule has 1 unspecified atom stereocenters. The third kappa shape index (κ3) is 3.20. The van der Waals surface area contributed by atoms with Crippen LogP contribution < -0.4 is 4.74 Å². The molecular weight excluding hydrogens is 210 g/mol. The summed E-state index contributed by atoms with van der Waals surface area (Å²) in [6, 6.07) is 4.78. The largest absolute Gasteiger partial charge is 0.487 e. The van der Waals surface area contributed by atoms with Crippen LogP contribution >= 0.6 is 0 Å². The summed E-state index contributed by atoms with van der Waals surface area (Å²) in [5, 5.41) is 19.8. The smallest absolute Gasteiger partial charge is 0.311 e. The van der Waals surface area contributed by atoms with Crippen LogP contribution in [0.5, 0.6) is 5.75 Å². The minimum Gasteiger partial charge on any atom is -0.487 e. The lowest BCUT2D eigenvalue weighted by atomic mass is 10.2. The molecule has 0 fully saturated rings.